The van der Waals surface area contributed by atoms with E-state index in [1.54, 1.807) is 0 Å². The summed E-state index contributed by atoms with van der Waals surface area (Å²) in [4.78, 5) is 27.2. The van der Waals surface area contributed by atoms with E-state index in [9.17, 15) is 18.0 Å². The fourth-order valence-corrected chi connectivity index (χ4v) is 6.25. The first-order valence-corrected chi connectivity index (χ1v) is 11.9. The first kappa shape index (κ1) is 20.0. The van der Waals surface area contributed by atoms with Gasteiger partial charge in [0, 0.05) is 18.9 Å². The van der Waals surface area contributed by atoms with Crippen molar-refractivity contribution in [2.45, 2.75) is 44.3 Å². The molecule has 2 unspecified atom stereocenters. The van der Waals surface area contributed by atoms with Gasteiger partial charge in [-0.2, -0.15) is 5.10 Å². The van der Waals surface area contributed by atoms with Crippen LogP contribution in [0.25, 0.3) is 0 Å². The van der Waals surface area contributed by atoms with Crippen LogP contribution in [0.2, 0.25) is 0 Å². The van der Waals surface area contributed by atoms with E-state index in [1.807, 2.05) is 30.3 Å². The van der Waals surface area contributed by atoms with E-state index in [0.717, 1.165) is 31.5 Å². The predicted molar refractivity (Wildman–Crippen MR) is 109 cm³/mol. The molecule has 1 N–H and O–H groups in total. The van der Waals surface area contributed by atoms with Crippen LogP contribution in [0.1, 0.15) is 31.2 Å². The maximum Gasteiger partial charge on any atom is 0.267 e. The standard InChI is InChI=1S/C20H26N4O4S/c25-19-9-8-16(22-24(19)12-15-6-2-1-3-7-15)20(26)21-17-13-29(27,28)14-18(17)23-10-4-5-11-23/h1-3,6-7,17-18H,4-5,8-14H2,(H,21,26). The largest absolute Gasteiger partial charge is 0.346 e. The molecule has 3 aliphatic heterocycles. The summed E-state index contributed by atoms with van der Waals surface area (Å²) in [6.45, 7) is 2.05. The van der Waals surface area contributed by atoms with Crippen molar-refractivity contribution in [3.05, 3.63) is 35.9 Å². The molecule has 0 bridgehead atoms. The molecule has 3 heterocycles. The van der Waals surface area contributed by atoms with Gasteiger partial charge in [-0.15, -0.1) is 0 Å². The highest BCUT2D eigenvalue weighted by Gasteiger charge is 2.42. The van der Waals surface area contributed by atoms with Crippen molar-refractivity contribution in [2.24, 2.45) is 5.10 Å². The molecule has 0 spiro atoms. The molecule has 1 aromatic carbocycles. The van der Waals surface area contributed by atoms with Gasteiger partial charge in [0.1, 0.15) is 5.71 Å². The van der Waals surface area contributed by atoms with Crippen LogP contribution in [0, 0.1) is 0 Å². The van der Waals surface area contributed by atoms with E-state index < -0.39 is 15.9 Å². The lowest BCUT2D eigenvalue weighted by Crippen LogP contribution is -2.52. The number of likely N-dealkylation sites (tertiary alicyclic amines) is 1. The van der Waals surface area contributed by atoms with E-state index in [2.05, 4.69) is 15.3 Å². The molecule has 0 aliphatic carbocycles. The molecule has 2 fully saturated rings. The van der Waals surface area contributed by atoms with Crippen molar-refractivity contribution in [3.63, 3.8) is 0 Å². The summed E-state index contributed by atoms with van der Waals surface area (Å²) < 4.78 is 24.4. The highest BCUT2D eigenvalue weighted by Crippen LogP contribution is 2.23. The number of amides is 2. The molecule has 0 radical (unpaired) electrons. The van der Waals surface area contributed by atoms with E-state index in [-0.39, 0.29) is 47.9 Å². The molecule has 2 saturated heterocycles. The fraction of sp³-hybridized carbons (Fsp3) is 0.550. The lowest BCUT2D eigenvalue weighted by atomic mass is 10.1. The van der Waals surface area contributed by atoms with E-state index in [4.69, 9.17) is 0 Å². The second kappa shape index (κ2) is 8.23. The second-order valence-electron chi connectivity index (χ2n) is 7.95. The number of carbonyl (C=O) groups is 2. The van der Waals surface area contributed by atoms with Gasteiger partial charge in [-0.05, 0) is 31.5 Å². The molecule has 8 nitrogen and oxygen atoms in total. The third-order valence-corrected chi connectivity index (χ3v) is 7.51. The fourth-order valence-electron chi connectivity index (χ4n) is 4.30. The molecule has 29 heavy (non-hydrogen) atoms. The SMILES string of the molecule is O=C(NC1CS(=O)(=O)CC1N1CCCC1)C1=NN(Cc2ccccc2)C(=O)CC1. The van der Waals surface area contributed by atoms with Gasteiger partial charge in [-0.25, -0.2) is 13.4 Å². The number of benzene rings is 1. The molecule has 1 aromatic rings. The Morgan fingerprint density at radius 1 is 1.10 bits per heavy atom. The monoisotopic (exact) mass is 418 g/mol. The summed E-state index contributed by atoms with van der Waals surface area (Å²) in [7, 11) is -3.18. The number of hydrogen-bond donors (Lipinski definition) is 1. The number of carbonyl (C=O) groups excluding carboxylic acids is 2. The number of hydrazone groups is 1. The predicted octanol–water partition coefficient (Wildman–Crippen LogP) is 0.543. The van der Waals surface area contributed by atoms with Gasteiger partial charge >= 0.3 is 0 Å². The van der Waals surface area contributed by atoms with E-state index in [0.29, 0.717) is 6.54 Å². The topological polar surface area (TPSA) is 99.2 Å². The minimum absolute atomic E-state index is 0.0418. The van der Waals surface area contributed by atoms with Crippen molar-refractivity contribution in [1.82, 2.24) is 15.2 Å². The third kappa shape index (κ3) is 4.67. The first-order valence-electron chi connectivity index (χ1n) is 10.1. The zero-order valence-corrected chi connectivity index (χ0v) is 17.1. The van der Waals surface area contributed by atoms with Crippen LogP contribution in [-0.2, 0) is 26.0 Å². The summed E-state index contributed by atoms with van der Waals surface area (Å²) >= 11 is 0. The van der Waals surface area contributed by atoms with Crippen molar-refractivity contribution in [3.8, 4) is 0 Å². The summed E-state index contributed by atoms with van der Waals surface area (Å²) in [6.07, 6.45) is 2.60. The van der Waals surface area contributed by atoms with Crippen molar-refractivity contribution in [2.75, 3.05) is 24.6 Å². The Balaban J connectivity index is 1.46. The van der Waals surface area contributed by atoms with Crippen LogP contribution in [0.5, 0.6) is 0 Å². The molecule has 3 aliphatic rings. The van der Waals surface area contributed by atoms with E-state index in [1.165, 1.54) is 5.01 Å². The number of nitrogens with one attached hydrogen (secondary N) is 1. The Morgan fingerprint density at radius 3 is 2.55 bits per heavy atom. The zero-order chi connectivity index (χ0) is 20.4. The van der Waals surface area contributed by atoms with Crippen molar-refractivity contribution in [1.29, 1.82) is 0 Å². The lowest BCUT2D eigenvalue weighted by Gasteiger charge is -2.29. The highest BCUT2D eigenvalue weighted by molar-refractivity contribution is 7.91. The van der Waals surface area contributed by atoms with E-state index >= 15 is 0 Å². The molecule has 2 amide bonds. The van der Waals surface area contributed by atoms with Crippen LogP contribution in [0.4, 0.5) is 0 Å². The highest BCUT2D eigenvalue weighted by atomic mass is 32.2. The van der Waals surface area contributed by atoms with Gasteiger partial charge in [0.15, 0.2) is 9.84 Å². The molecule has 4 rings (SSSR count). The Labute approximate surface area is 170 Å². The van der Waals surface area contributed by atoms with Crippen LogP contribution in [0.15, 0.2) is 35.4 Å². The third-order valence-electron chi connectivity index (χ3n) is 5.79. The van der Waals surface area contributed by atoms with Gasteiger partial charge < -0.3 is 5.32 Å². The van der Waals surface area contributed by atoms with Crippen LogP contribution in [0.3, 0.4) is 0 Å². The minimum Gasteiger partial charge on any atom is -0.346 e. The van der Waals surface area contributed by atoms with Gasteiger partial charge in [-0.1, -0.05) is 30.3 Å². The van der Waals surface area contributed by atoms with Crippen LogP contribution >= 0.6 is 0 Å². The summed E-state index contributed by atoms with van der Waals surface area (Å²) in [6, 6.07) is 8.87. The van der Waals surface area contributed by atoms with Crippen LogP contribution in [-0.4, -0.2) is 72.5 Å². The quantitative estimate of drug-likeness (QED) is 0.753. The summed E-state index contributed by atoms with van der Waals surface area (Å²) in [5, 5.41) is 8.52. The average Bonchev–Trinajstić information content (AvgIpc) is 3.32. The smallest absolute Gasteiger partial charge is 0.267 e. The minimum atomic E-state index is -3.18. The summed E-state index contributed by atoms with van der Waals surface area (Å²) in [5.74, 6) is -0.450. The Bertz CT molecular complexity index is 910. The molecule has 156 valence electrons. The number of sulfone groups is 1. The zero-order valence-electron chi connectivity index (χ0n) is 16.3. The van der Waals surface area contributed by atoms with Crippen molar-refractivity contribution < 1.29 is 18.0 Å². The van der Waals surface area contributed by atoms with Gasteiger partial charge in [0.2, 0.25) is 5.91 Å². The molecule has 0 saturated carbocycles. The number of rotatable bonds is 5. The first-order chi connectivity index (χ1) is 13.9. The second-order valence-corrected chi connectivity index (χ2v) is 10.1. The van der Waals surface area contributed by atoms with Gasteiger partial charge in [0.05, 0.1) is 24.1 Å². The molecule has 9 heteroatoms. The van der Waals surface area contributed by atoms with Crippen LogP contribution < -0.4 is 5.32 Å². The normalized spacial score (nSPS) is 27.1. The van der Waals surface area contributed by atoms with Gasteiger partial charge in [0.25, 0.3) is 5.91 Å². The Morgan fingerprint density at radius 2 is 1.83 bits per heavy atom. The average molecular weight is 419 g/mol. The molecule has 0 aromatic heterocycles. The Kier molecular flexibility index (Phi) is 5.69. The Hall–Kier alpha value is -2.26. The maximum atomic E-state index is 12.8. The molecular formula is C20H26N4O4S. The molecular weight excluding hydrogens is 392 g/mol. The summed E-state index contributed by atoms with van der Waals surface area (Å²) in [5.41, 5.74) is 1.22. The number of hydrogen-bond acceptors (Lipinski definition) is 6. The maximum absolute atomic E-state index is 12.8. The van der Waals surface area contributed by atoms with Gasteiger partial charge in [-0.3, -0.25) is 14.5 Å². The van der Waals surface area contributed by atoms with Crippen molar-refractivity contribution >= 4 is 27.4 Å². The molecule has 2 atom stereocenters. The number of nitrogens with zero attached hydrogens (tertiary/aromatic N) is 3. The lowest BCUT2D eigenvalue weighted by molar-refractivity contribution is -0.132.